The van der Waals surface area contributed by atoms with Crippen LogP contribution in [0.1, 0.15) is 28.9 Å². The Labute approximate surface area is 137 Å². The van der Waals surface area contributed by atoms with Gasteiger partial charge < -0.3 is 14.6 Å². The Bertz CT molecular complexity index is 755. The van der Waals surface area contributed by atoms with Crippen LogP contribution >= 0.6 is 15.9 Å². The highest BCUT2D eigenvalue weighted by molar-refractivity contribution is 9.10. The molecule has 0 saturated heterocycles. The summed E-state index contributed by atoms with van der Waals surface area (Å²) in [6.07, 6.45) is 1.55. The summed E-state index contributed by atoms with van der Waals surface area (Å²) >= 11 is 3.41. The lowest BCUT2D eigenvalue weighted by molar-refractivity contribution is 0.0936. The lowest BCUT2D eigenvalue weighted by Gasteiger charge is -2.16. The molecule has 0 unspecified atom stereocenters. The summed E-state index contributed by atoms with van der Waals surface area (Å²) < 4.78 is 7.39. The maximum atomic E-state index is 12.4. The predicted molar refractivity (Wildman–Crippen MR) is 88.3 cm³/mol. The number of aromatic nitrogens is 1. The monoisotopic (exact) mass is 364 g/mol. The van der Waals surface area contributed by atoms with E-state index in [1.54, 1.807) is 19.3 Å². The van der Waals surface area contributed by atoms with Crippen molar-refractivity contribution in [2.75, 3.05) is 7.11 Å². The van der Waals surface area contributed by atoms with Crippen molar-refractivity contribution < 1.29 is 9.53 Å². The molecule has 2 rings (SSSR count). The van der Waals surface area contributed by atoms with Crippen LogP contribution in [0.15, 0.2) is 45.8 Å². The Kier molecular flexibility index (Phi) is 5.03. The van der Waals surface area contributed by atoms with Gasteiger partial charge in [-0.25, -0.2) is 0 Å². The standard InChI is InChI=1S/C16H17BrN2O3/c1-10(11-5-4-6-12(17)9-11)18-15(20)13-7-8-19(2)16(21)14(13)22-3/h4-10H,1-3H3,(H,18,20)/t10-/m1/s1. The molecule has 1 amide bonds. The number of hydrogen-bond donors (Lipinski definition) is 1. The molecule has 1 heterocycles. The van der Waals surface area contributed by atoms with Crippen LogP contribution in [-0.4, -0.2) is 17.6 Å². The average Bonchev–Trinajstić information content (AvgIpc) is 2.49. The Hall–Kier alpha value is -2.08. The number of pyridine rings is 1. The quantitative estimate of drug-likeness (QED) is 0.906. The molecular weight excluding hydrogens is 348 g/mol. The van der Waals surface area contributed by atoms with Gasteiger partial charge in [0.1, 0.15) is 0 Å². The van der Waals surface area contributed by atoms with Gasteiger partial charge in [0.15, 0.2) is 5.75 Å². The second kappa shape index (κ2) is 6.79. The van der Waals surface area contributed by atoms with E-state index in [0.717, 1.165) is 10.0 Å². The van der Waals surface area contributed by atoms with E-state index in [2.05, 4.69) is 21.2 Å². The zero-order valence-electron chi connectivity index (χ0n) is 12.6. The number of carbonyl (C=O) groups excluding carboxylic acids is 1. The summed E-state index contributed by atoms with van der Waals surface area (Å²) in [4.78, 5) is 24.4. The summed E-state index contributed by atoms with van der Waals surface area (Å²) in [5.74, 6) is -0.300. The predicted octanol–water partition coefficient (Wildman–Crippen LogP) is 2.65. The molecule has 116 valence electrons. The van der Waals surface area contributed by atoms with Gasteiger partial charge in [0, 0.05) is 17.7 Å². The van der Waals surface area contributed by atoms with E-state index >= 15 is 0 Å². The number of benzene rings is 1. The molecule has 0 bridgehead atoms. The third kappa shape index (κ3) is 3.39. The largest absolute Gasteiger partial charge is 0.491 e. The molecule has 22 heavy (non-hydrogen) atoms. The number of methoxy groups -OCH3 is 1. The van der Waals surface area contributed by atoms with Crippen LogP contribution in [0.2, 0.25) is 0 Å². The maximum Gasteiger partial charge on any atom is 0.293 e. The SMILES string of the molecule is COc1c(C(=O)N[C@H](C)c2cccc(Br)c2)ccn(C)c1=O. The Balaban J connectivity index is 2.26. The average molecular weight is 365 g/mol. The van der Waals surface area contributed by atoms with Crippen molar-refractivity contribution >= 4 is 21.8 Å². The van der Waals surface area contributed by atoms with Crippen LogP contribution in [0.25, 0.3) is 0 Å². The molecule has 2 aromatic rings. The number of amides is 1. The molecule has 1 atom stereocenters. The summed E-state index contributed by atoms with van der Waals surface area (Å²) in [5.41, 5.74) is 0.850. The van der Waals surface area contributed by atoms with Crippen LogP contribution in [-0.2, 0) is 7.05 Å². The summed E-state index contributed by atoms with van der Waals surface area (Å²) in [6, 6.07) is 9.06. The molecule has 5 nitrogen and oxygen atoms in total. The van der Waals surface area contributed by atoms with Crippen molar-refractivity contribution in [1.82, 2.24) is 9.88 Å². The molecule has 1 N–H and O–H groups in total. The Morgan fingerprint density at radius 2 is 2.09 bits per heavy atom. The van der Waals surface area contributed by atoms with Gasteiger partial charge in [-0.15, -0.1) is 0 Å². The lowest BCUT2D eigenvalue weighted by atomic mass is 10.1. The molecule has 6 heteroatoms. The minimum atomic E-state index is -0.345. The van der Waals surface area contributed by atoms with Gasteiger partial charge in [-0.3, -0.25) is 9.59 Å². The summed E-state index contributed by atoms with van der Waals surface area (Å²) in [6.45, 7) is 1.88. The van der Waals surface area contributed by atoms with Gasteiger partial charge in [-0.1, -0.05) is 28.1 Å². The van der Waals surface area contributed by atoms with Crippen molar-refractivity contribution in [3.63, 3.8) is 0 Å². The fourth-order valence-corrected chi connectivity index (χ4v) is 2.53. The van der Waals surface area contributed by atoms with E-state index in [4.69, 9.17) is 4.74 Å². The Morgan fingerprint density at radius 3 is 2.73 bits per heavy atom. The van der Waals surface area contributed by atoms with Crippen molar-refractivity contribution in [3.8, 4) is 5.75 Å². The van der Waals surface area contributed by atoms with Crippen molar-refractivity contribution in [2.24, 2.45) is 7.05 Å². The molecular formula is C16H17BrN2O3. The second-order valence-electron chi connectivity index (χ2n) is 4.93. The molecule has 0 radical (unpaired) electrons. The smallest absolute Gasteiger partial charge is 0.293 e. The molecule has 0 spiro atoms. The van der Waals surface area contributed by atoms with Gasteiger partial charge in [0.25, 0.3) is 11.5 Å². The van der Waals surface area contributed by atoms with Crippen LogP contribution in [0.5, 0.6) is 5.75 Å². The number of hydrogen-bond acceptors (Lipinski definition) is 3. The third-order valence-corrected chi connectivity index (χ3v) is 3.86. The topological polar surface area (TPSA) is 60.3 Å². The third-order valence-electron chi connectivity index (χ3n) is 3.37. The van der Waals surface area contributed by atoms with Crippen molar-refractivity contribution in [2.45, 2.75) is 13.0 Å². The molecule has 1 aromatic carbocycles. The molecule has 0 saturated carbocycles. The zero-order valence-corrected chi connectivity index (χ0v) is 14.2. The number of nitrogens with zero attached hydrogens (tertiary/aromatic N) is 1. The highest BCUT2D eigenvalue weighted by atomic mass is 79.9. The number of aryl methyl sites for hydroxylation is 1. The lowest BCUT2D eigenvalue weighted by Crippen LogP contribution is -2.29. The van der Waals surface area contributed by atoms with E-state index < -0.39 is 0 Å². The Morgan fingerprint density at radius 1 is 1.36 bits per heavy atom. The first-order valence-electron chi connectivity index (χ1n) is 6.74. The van der Waals surface area contributed by atoms with Gasteiger partial charge in [-0.05, 0) is 30.7 Å². The second-order valence-corrected chi connectivity index (χ2v) is 5.84. The molecule has 0 aliphatic carbocycles. The van der Waals surface area contributed by atoms with Crippen molar-refractivity contribution in [3.05, 3.63) is 62.5 Å². The highest BCUT2D eigenvalue weighted by Gasteiger charge is 2.18. The molecule has 1 aromatic heterocycles. The van der Waals surface area contributed by atoms with Gasteiger partial charge in [0.2, 0.25) is 0 Å². The number of nitrogens with one attached hydrogen (secondary N) is 1. The minimum absolute atomic E-state index is 0.0453. The maximum absolute atomic E-state index is 12.4. The van der Waals surface area contributed by atoms with E-state index in [1.807, 2.05) is 31.2 Å². The molecule has 0 fully saturated rings. The van der Waals surface area contributed by atoms with E-state index in [9.17, 15) is 9.59 Å². The van der Waals surface area contributed by atoms with E-state index in [-0.39, 0.29) is 28.8 Å². The van der Waals surface area contributed by atoms with Crippen LogP contribution in [0.3, 0.4) is 0 Å². The fourth-order valence-electron chi connectivity index (χ4n) is 2.11. The van der Waals surface area contributed by atoms with Gasteiger partial charge >= 0.3 is 0 Å². The number of ether oxygens (including phenoxy) is 1. The molecule has 0 aliphatic rings. The summed E-state index contributed by atoms with van der Waals surface area (Å²) in [5, 5.41) is 2.87. The highest BCUT2D eigenvalue weighted by Crippen LogP contribution is 2.19. The van der Waals surface area contributed by atoms with Crippen LogP contribution < -0.4 is 15.6 Å². The summed E-state index contributed by atoms with van der Waals surface area (Å²) in [7, 11) is 2.99. The minimum Gasteiger partial charge on any atom is -0.491 e. The first-order chi connectivity index (χ1) is 10.4. The normalized spacial score (nSPS) is 11.8. The van der Waals surface area contributed by atoms with Crippen molar-refractivity contribution in [1.29, 1.82) is 0 Å². The van der Waals surface area contributed by atoms with E-state index in [0.29, 0.717) is 0 Å². The van der Waals surface area contributed by atoms with Gasteiger partial charge in [-0.2, -0.15) is 0 Å². The van der Waals surface area contributed by atoms with Gasteiger partial charge in [0.05, 0.1) is 18.7 Å². The first kappa shape index (κ1) is 16.3. The fraction of sp³-hybridized carbons (Fsp3) is 0.250. The zero-order chi connectivity index (χ0) is 16.3. The van der Waals surface area contributed by atoms with Crippen LogP contribution in [0, 0.1) is 0 Å². The van der Waals surface area contributed by atoms with Crippen LogP contribution in [0.4, 0.5) is 0 Å². The number of rotatable bonds is 4. The number of carbonyl (C=O) groups is 1. The van der Waals surface area contributed by atoms with E-state index in [1.165, 1.54) is 11.7 Å². The molecule has 0 aliphatic heterocycles. The first-order valence-corrected chi connectivity index (χ1v) is 7.53. The number of halogens is 1.